The van der Waals surface area contributed by atoms with E-state index in [4.69, 9.17) is 0 Å². The Morgan fingerprint density at radius 3 is 2.62 bits per heavy atom. The van der Waals surface area contributed by atoms with Gasteiger partial charge in [0, 0.05) is 18.0 Å². The minimum atomic E-state index is 0.956. The highest BCUT2D eigenvalue weighted by molar-refractivity contribution is 7.09. The maximum atomic E-state index is 4.25. The van der Waals surface area contributed by atoms with Gasteiger partial charge < -0.3 is 0 Å². The molecule has 2 aromatic rings. The fourth-order valence-corrected chi connectivity index (χ4v) is 1.87. The lowest BCUT2D eigenvalue weighted by atomic mass is 10.1. The van der Waals surface area contributed by atoms with E-state index in [9.17, 15) is 0 Å². The van der Waals surface area contributed by atoms with Crippen molar-refractivity contribution in [2.75, 3.05) is 0 Å². The zero-order valence-corrected chi connectivity index (χ0v) is 8.34. The number of thiazole rings is 1. The van der Waals surface area contributed by atoms with E-state index in [1.165, 1.54) is 16.1 Å². The van der Waals surface area contributed by atoms with Crippen LogP contribution in [0.5, 0.6) is 0 Å². The minimum absolute atomic E-state index is 0.956. The molecule has 2 heteroatoms. The maximum absolute atomic E-state index is 4.25. The fourth-order valence-electron chi connectivity index (χ4n) is 1.22. The number of aryl methyl sites for hydroxylation is 1. The second kappa shape index (κ2) is 3.71. The van der Waals surface area contributed by atoms with Crippen LogP contribution in [0.25, 0.3) is 0 Å². The lowest BCUT2D eigenvalue weighted by molar-refractivity contribution is 1.13. The molecule has 0 amide bonds. The van der Waals surface area contributed by atoms with Crippen molar-refractivity contribution in [3.05, 3.63) is 52.0 Å². The summed E-state index contributed by atoms with van der Waals surface area (Å²) >= 11 is 1.71. The molecule has 0 radical (unpaired) electrons. The minimum Gasteiger partial charge on any atom is -0.249 e. The molecule has 0 fully saturated rings. The molecule has 0 aliphatic heterocycles. The van der Waals surface area contributed by atoms with Crippen LogP contribution in [0.1, 0.15) is 16.1 Å². The summed E-state index contributed by atoms with van der Waals surface area (Å²) < 4.78 is 0. The average molecular weight is 189 g/mol. The molecule has 1 aromatic carbocycles. The summed E-state index contributed by atoms with van der Waals surface area (Å²) in [5.41, 5.74) is 2.64. The summed E-state index contributed by atoms with van der Waals surface area (Å²) in [7, 11) is 0. The molecule has 0 atom stereocenters. The highest BCUT2D eigenvalue weighted by Crippen LogP contribution is 2.12. The molecule has 1 nitrogen and oxygen atoms in total. The topological polar surface area (TPSA) is 12.9 Å². The molecule has 0 saturated carbocycles. The number of hydrogen-bond donors (Lipinski definition) is 0. The van der Waals surface area contributed by atoms with Crippen LogP contribution in [0.2, 0.25) is 0 Å². The Labute approximate surface area is 82.1 Å². The maximum Gasteiger partial charge on any atom is 0.0968 e. The molecular formula is C11H11NS. The first-order chi connectivity index (χ1) is 6.34. The number of aromatic nitrogens is 1. The Hall–Kier alpha value is -1.15. The van der Waals surface area contributed by atoms with E-state index < -0.39 is 0 Å². The lowest BCUT2D eigenvalue weighted by Crippen LogP contribution is -1.86. The smallest absolute Gasteiger partial charge is 0.0968 e. The van der Waals surface area contributed by atoms with Crippen LogP contribution in [0.15, 0.2) is 35.8 Å². The van der Waals surface area contributed by atoms with Gasteiger partial charge >= 0.3 is 0 Å². The van der Waals surface area contributed by atoms with Crippen LogP contribution in [0.4, 0.5) is 0 Å². The highest BCUT2D eigenvalue weighted by Gasteiger charge is 1.97. The third kappa shape index (κ3) is 2.16. The second-order valence-corrected chi connectivity index (χ2v) is 4.07. The number of benzene rings is 1. The molecule has 2 rings (SSSR count). The van der Waals surface area contributed by atoms with Crippen LogP contribution in [0.3, 0.4) is 0 Å². The number of hydrogen-bond acceptors (Lipinski definition) is 2. The molecule has 0 unspecified atom stereocenters. The summed E-state index contributed by atoms with van der Waals surface area (Å²) in [6.45, 7) is 2.10. The summed E-state index contributed by atoms with van der Waals surface area (Å²) in [6.07, 6.45) is 2.81. The number of rotatable bonds is 2. The normalized spacial score (nSPS) is 10.2. The Kier molecular flexibility index (Phi) is 2.41. The van der Waals surface area contributed by atoms with E-state index in [-0.39, 0.29) is 0 Å². The molecule has 0 bridgehead atoms. The van der Waals surface area contributed by atoms with E-state index in [1.807, 2.05) is 11.6 Å². The van der Waals surface area contributed by atoms with E-state index >= 15 is 0 Å². The first-order valence-electron chi connectivity index (χ1n) is 4.28. The van der Waals surface area contributed by atoms with Crippen molar-refractivity contribution >= 4 is 11.3 Å². The van der Waals surface area contributed by atoms with E-state index in [1.54, 1.807) is 11.3 Å². The van der Waals surface area contributed by atoms with E-state index in [2.05, 4.69) is 36.2 Å². The molecule has 66 valence electrons. The second-order valence-electron chi connectivity index (χ2n) is 3.09. The summed E-state index contributed by atoms with van der Waals surface area (Å²) in [4.78, 5) is 4.25. The van der Waals surface area contributed by atoms with E-state index in [0.29, 0.717) is 0 Å². The van der Waals surface area contributed by atoms with Crippen LogP contribution >= 0.6 is 11.3 Å². The molecule has 13 heavy (non-hydrogen) atoms. The molecule has 0 saturated heterocycles. The van der Waals surface area contributed by atoms with Gasteiger partial charge in [0.2, 0.25) is 0 Å². The van der Waals surface area contributed by atoms with Gasteiger partial charge in [-0.1, -0.05) is 29.8 Å². The van der Waals surface area contributed by atoms with Crippen molar-refractivity contribution in [2.24, 2.45) is 0 Å². The Morgan fingerprint density at radius 1 is 1.23 bits per heavy atom. The van der Waals surface area contributed by atoms with Gasteiger partial charge in [-0.15, -0.1) is 11.3 Å². The van der Waals surface area contributed by atoms with Crippen molar-refractivity contribution in [1.82, 2.24) is 4.98 Å². The molecule has 0 N–H and O–H groups in total. The number of nitrogens with zero attached hydrogens (tertiary/aromatic N) is 1. The van der Waals surface area contributed by atoms with E-state index in [0.717, 1.165) is 6.42 Å². The molecule has 0 spiro atoms. The Morgan fingerprint density at radius 2 is 2.00 bits per heavy atom. The van der Waals surface area contributed by atoms with Gasteiger partial charge in [-0.25, -0.2) is 4.98 Å². The summed E-state index contributed by atoms with van der Waals surface area (Å²) in [5, 5.41) is 3.20. The zero-order valence-electron chi connectivity index (χ0n) is 7.53. The van der Waals surface area contributed by atoms with Crippen molar-refractivity contribution in [3.63, 3.8) is 0 Å². The van der Waals surface area contributed by atoms with Crippen molar-refractivity contribution < 1.29 is 0 Å². The van der Waals surface area contributed by atoms with Crippen LogP contribution in [-0.4, -0.2) is 4.98 Å². The quantitative estimate of drug-likeness (QED) is 0.707. The predicted molar refractivity (Wildman–Crippen MR) is 56.1 cm³/mol. The Bertz CT molecular complexity index is 361. The predicted octanol–water partition coefficient (Wildman–Crippen LogP) is 3.04. The summed E-state index contributed by atoms with van der Waals surface area (Å²) in [6, 6.07) is 8.61. The molecule has 1 heterocycles. The standard InChI is InChI=1S/C11H11NS/c1-9-2-4-10(5-3-9)8-11-12-6-7-13-11/h2-7H,8H2,1H3. The van der Waals surface area contributed by atoms with Gasteiger partial charge in [0.1, 0.15) is 0 Å². The highest BCUT2D eigenvalue weighted by atomic mass is 32.1. The van der Waals surface area contributed by atoms with Gasteiger partial charge in [0.15, 0.2) is 0 Å². The molecular weight excluding hydrogens is 178 g/mol. The monoisotopic (exact) mass is 189 g/mol. The third-order valence-corrected chi connectivity index (χ3v) is 2.74. The Balaban J connectivity index is 2.15. The van der Waals surface area contributed by atoms with Gasteiger partial charge in [-0.3, -0.25) is 0 Å². The first kappa shape index (κ1) is 8.45. The van der Waals surface area contributed by atoms with Crippen molar-refractivity contribution in [2.45, 2.75) is 13.3 Å². The SMILES string of the molecule is Cc1ccc(Cc2nccs2)cc1. The van der Waals surface area contributed by atoms with Crippen molar-refractivity contribution in [1.29, 1.82) is 0 Å². The summed E-state index contributed by atoms with van der Waals surface area (Å²) in [5.74, 6) is 0. The molecule has 0 aliphatic rings. The van der Waals surface area contributed by atoms with Crippen molar-refractivity contribution in [3.8, 4) is 0 Å². The van der Waals surface area contributed by atoms with Gasteiger partial charge in [0.05, 0.1) is 5.01 Å². The lowest BCUT2D eigenvalue weighted by Gasteiger charge is -1.97. The van der Waals surface area contributed by atoms with Gasteiger partial charge in [0.25, 0.3) is 0 Å². The van der Waals surface area contributed by atoms with Gasteiger partial charge in [-0.05, 0) is 12.5 Å². The zero-order chi connectivity index (χ0) is 9.10. The molecule has 0 aliphatic carbocycles. The fraction of sp³-hybridized carbons (Fsp3) is 0.182. The third-order valence-electron chi connectivity index (χ3n) is 1.96. The van der Waals surface area contributed by atoms with Crippen LogP contribution in [-0.2, 0) is 6.42 Å². The van der Waals surface area contributed by atoms with Crippen LogP contribution in [0, 0.1) is 6.92 Å². The average Bonchev–Trinajstić information content (AvgIpc) is 2.62. The first-order valence-corrected chi connectivity index (χ1v) is 5.16. The van der Waals surface area contributed by atoms with Gasteiger partial charge in [-0.2, -0.15) is 0 Å². The largest absolute Gasteiger partial charge is 0.249 e. The molecule has 1 aromatic heterocycles. The van der Waals surface area contributed by atoms with Crippen LogP contribution < -0.4 is 0 Å².